The molecule has 1 aliphatic rings. The van der Waals surface area contributed by atoms with Crippen molar-refractivity contribution in [1.82, 2.24) is 0 Å². The summed E-state index contributed by atoms with van der Waals surface area (Å²) in [5.74, 6) is 1.27. The van der Waals surface area contributed by atoms with Crippen LogP contribution in [0.15, 0.2) is 24.3 Å². The Labute approximate surface area is 164 Å². The Morgan fingerprint density at radius 3 is 1.63 bits per heavy atom. The van der Waals surface area contributed by atoms with Crippen molar-refractivity contribution in [1.29, 1.82) is 0 Å². The molecule has 2 heteroatoms. The molecule has 0 aromatic heterocycles. The third-order valence-corrected chi connectivity index (χ3v) is 6.30. The van der Waals surface area contributed by atoms with Crippen molar-refractivity contribution >= 4 is 0 Å². The van der Waals surface area contributed by atoms with Crippen LogP contribution in [0.2, 0.25) is 0 Å². The highest BCUT2D eigenvalue weighted by molar-refractivity contribution is 5.57. The highest BCUT2D eigenvalue weighted by Gasteiger charge is 2.48. The Hall–Kier alpha value is -1.96. The predicted octanol–water partition coefficient (Wildman–Crippen LogP) is 6.46. The van der Waals surface area contributed by atoms with E-state index >= 15 is 0 Å². The number of phenols is 2. The molecule has 1 aliphatic carbocycles. The summed E-state index contributed by atoms with van der Waals surface area (Å²) in [5, 5.41) is 22.2. The molecule has 1 fully saturated rings. The summed E-state index contributed by atoms with van der Waals surface area (Å²) in [6.07, 6.45) is 3.01. The zero-order valence-corrected chi connectivity index (χ0v) is 17.9. The van der Waals surface area contributed by atoms with Crippen LogP contribution in [0.25, 0.3) is 0 Å². The first-order valence-corrected chi connectivity index (χ1v) is 10.1. The van der Waals surface area contributed by atoms with Crippen molar-refractivity contribution in [2.45, 2.75) is 73.1 Å². The molecular formula is C25H34O2. The standard InChI is InChI=1S/C25H34O2/c1-15-8-18(4)22(26)20(10-15)25(13-17(3)12-24(6,7)14-25)21-11-16(2)9-19(5)23(21)27/h8-11,17,26-27H,12-14H2,1-7H3. The van der Waals surface area contributed by atoms with Gasteiger partial charge in [-0.3, -0.25) is 0 Å². The number of phenolic OH excluding ortho intramolecular Hbond substituents is 2. The Morgan fingerprint density at radius 2 is 1.22 bits per heavy atom. The molecule has 1 unspecified atom stereocenters. The maximum Gasteiger partial charge on any atom is 0.122 e. The highest BCUT2D eigenvalue weighted by atomic mass is 16.3. The van der Waals surface area contributed by atoms with E-state index < -0.39 is 0 Å². The normalized spacial score (nSPS) is 21.2. The van der Waals surface area contributed by atoms with Gasteiger partial charge in [-0.2, -0.15) is 0 Å². The Kier molecular flexibility index (Phi) is 4.82. The minimum absolute atomic E-state index is 0.131. The van der Waals surface area contributed by atoms with Crippen molar-refractivity contribution in [3.63, 3.8) is 0 Å². The summed E-state index contributed by atoms with van der Waals surface area (Å²) in [6, 6.07) is 8.33. The van der Waals surface area contributed by atoms with Crippen LogP contribution in [0, 0.1) is 39.0 Å². The molecule has 2 aromatic rings. The largest absolute Gasteiger partial charge is 0.507 e. The van der Waals surface area contributed by atoms with E-state index in [9.17, 15) is 10.2 Å². The molecule has 0 heterocycles. The fourth-order valence-corrected chi connectivity index (χ4v) is 5.78. The van der Waals surface area contributed by atoms with Gasteiger partial charge < -0.3 is 10.2 Å². The van der Waals surface area contributed by atoms with Crippen LogP contribution in [-0.2, 0) is 5.41 Å². The molecule has 1 saturated carbocycles. The molecule has 0 radical (unpaired) electrons. The first-order chi connectivity index (χ1) is 12.4. The van der Waals surface area contributed by atoms with Gasteiger partial charge in [0.1, 0.15) is 11.5 Å². The van der Waals surface area contributed by atoms with E-state index in [1.165, 1.54) is 0 Å². The molecule has 1 atom stereocenters. The van der Waals surface area contributed by atoms with Crippen molar-refractivity contribution < 1.29 is 10.2 Å². The molecule has 3 rings (SSSR count). The van der Waals surface area contributed by atoms with Gasteiger partial charge in [-0.15, -0.1) is 0 Å². The molecule has 2 N–H and O–H groups in total. The molecule has 0 amide bonds. The van der Waals surface area contributed by atoms with Crippen LogP contribution in [0.4, 0.5) is 0 Å². The highest BCUT2D eigenvalue weighted by Crippen LogP contribution is 2.57. The summed E-state index contributed by atoms with van der Waals surface area (Å²) >= 11 is 0. The lowest BCUT2D eigenvalue weighted by Crippen LogP contribution is -2.41. The van der Waals surface area contributed by atoms with Crippen LogP contribution in [-0.4, -0.2) is 10.2 Å². The molecule has 2 aromatic carbocycles. The number of hydrogen-bond acceptors (Lipinski definition) is 2. The van der Waals surface area contributed by atoms with Crippen molar-refractivity contribution in [3.05, 3.63) is 57.6 Å². The second-order valence-electron chi connectivity index (χ2n) is 9.89. The smallest absolute Gasteiger partial charge is 0.122 e. The van der Waals surface area contributed by atoms with Crippen molar-refractivity contribution in [3.8, 4) is 11.5 Å². The number of hydrogen-bond donors (Lipinski definition) is 2. The van der Waals surface area contributed by atoms with E-state index in [-0.39, 0.29) is 10.8 Å². The van der Waals surface area contributed by atoms with Crippen LogP contribution in [0.3, 0.4) is 0 Å². The molecule has 0 aliphatic heterocycles. The zero-order valence-electron chi connectivity index (χ0n) is 17.9. The van der Waals surface area contributed by atoms with E-state index in [0.29, 0.717) is 17.4 Å². The fourth-order valence-electron chi connectivity index (χ4n) is 5.78. The predicted molar refractivity (Wildman–Crippen MR) is 113 cm³/mol. The van der Waals surface area contributed by atoms with Gasteiger partial charge in [0.2, 0.25) is 0 Å². The summed E-state index contributed by atoms with van der Waals surface area (Å²) in [4.78, 5) is 0. The van der Waals surface area contributed by atoms with Gasteiger partial charge in [-0.25, -0.2) is 0 Å². The lowest BCUT2D eigenvalue weighted by molar-refractivity contribution is 0.123. The van der Waals surface area contributed by atoms with Gasteiger partial charge in [0.05, 0.1) is 0 Å². The first-order valence-electron chi connectivity index (χ1n) is 10.1. The third-order valence-electron chi connectivity index (χ3n) is 6.30. The third kappa shape index (κ3) is 3.47. The van der Waals surface area contributed by atoms with Gasteiger partial charge in [-0.05, 0) is 69.4 Å². The minimum atomic E-state index is -0.386. The molecule has 27 heavy (non-hydrogen) atoms. The monoisotopic (exact) mass is 366 g/mol. The molecular weight excluding hydrogens is 332 g/mol. The summed E-state index contributed by atoms with van der Waals surface area (Å²) in [5.41, 5.74) is 5.81. The number of rotatable bonds is 2. The number of aromatic hydroxyl groups is 2. The van der Waals surface area contributed by atoms with E-state index in [2.05, 4.69) is 46.8 Å². The second kappa shape index (κ2) is 6.58. The lowest BCUT2D eigenvalue weighted by Gasteiger charge is -2.49. The maximum absolute atomic E-state index is 11.1. The van der Waals surface area contributed by atoms with Crippen LogP contribution < -0.4 is 0 Å². The summed E-state index contributed by atoms with van der Waals surface area (Å²) in [7, 11) is 0. The minimum Gasteiger partial charge on any atom is -0.507 e. The number of aryl methyl sites for hydroxylation is 4. The molecule has 0 bridgehead atoms. The number of benzene rings is 2. The van der Waals surface area contributed by atoms with Crippen LogP contribution >= 0.6 is 0 Å². The average Bonchev–Trinajstić information content (AvgIpc) is 2.52. The fraction of sp³-hybridized carbons (Fsp3) is 0.520. The van der Waals surface area contributed by atoms with Gasteiger partial charge in [0, 0.05) is 16.5 Å². The van der Waals surface area contributed by atoms with E-state index in [4.69, 9.17) is 0 Å². The van der Waals surface area contributed by atoms with Gasteiger partial charge >= 0.3 is 0 Å². The first kappa shape index (κ1) is 19.8. The van der Waals surface area contributed by atoms with Crippen molar-refractivity contribution in [2.75, 3.05) is 0 Å². The topological polar surface area (TPSA) is 40.5 Å². The Balaban J connectivity index is 2.39. The molecule has 146 valence electrons. The zero-order chi connectivity index (χ0) is 20.1. The van der Waals surface area contributed by atoms with Gasteiger partial charge in [0.15, 0.2) is 0 Å². The molecule has 0 spiro atoms. The van der Waals surface area contributed by atoms with Crippen LogP contribution in [0.5, 0.6) is 11.5 Å². The summed E-state index contributed by atoms with van der Waals surface area (Å²) < 4.78 is 0. The Morgan fingerprint density at radius 1 is 0.778 bits per heavy atom. The van der Waals surface area contributed by atoms with Gasteiger partial charge in [0.25, 0.3) is 0 Å². The van der Waals surface area contributed by atoms with Crippen LogP contribution in [0.1, 0.15) is 73.4 Å². The Bertz CT molecular complexity index is 819. The SMILES string of the molecule is Cc1cc(C)c(O)c(C2(c3cc(C)cc(C)c3O)CC(C)CC(C)(C)C2)c1. The molecule has 0 saturated heterocycles. The summed E-state index contributed by atoms with van der Waals surface area (Å²) in [6.45, 7) is 15.0. The van der Waals surface area contributed by atoms with E-state index in [1.807, 2.05) is 26.0 Å². The van der Waals surface area contributed by atoms with E-state index in [0.717, 1.165) is 52.6 Å². The quantitative estimate of drug-likeness (QED) is 0.640. The second-order valence-corrected chi connectivity index (χ2v) is 9.89. The lowest BCUT2D eigenvalue weighted by atomic mass is 9.55. The van der Waals surface area contributed by atoms with Gasteiger partial charge in [-0.1, -0.05) is 56.2 Å². The van der Waals surface area contributed by atoms with E-state index in [1.54, 1.807) is 0 Å². The maximum atomic E-state index is 11.1. The average molecular weight is 367 g/mol. The van der Waals surface area contributed by atoms with Crippen molar-refractivity contribution in [2.24, 2.45) is 11.3 Å². The molecule has 2 nitrogen and oxygen atoms in total.